The molecule has 6 heteroatoms. The molecular weight excluding hydrogens is 276 g/mol. The van der Waals surface area contributed by atoms with Crippen LogP contribution in [-0.2, 0) is 20.7 Å². The molecule has 0 saturated heterocycles. The highest BCUT2D eigenvalue weighted by Gasteiger charge is 2.23. The van der Waals surface area contributed by atoms with Gasteiger partial charge in [0.15, 0.2) is 0 Å². The third kappa shape index (κ3) is 2.96. The summed E-state index contributed by atoms with van der Waals surface area (Å²) in [7, 11) is 1.30. The smallest absolute Gasteiger partial charge is 0.328 e. The second-order valence-corrected chi connectivity index (χ2v) is 4.93. The lowest BCUT2D eigenvalue weighted by atomic mass is 10.0. The Hall–Kier alpha value is -1.95. The van der Waals surface area contributed by atoms with E-state index < -0.39 is 12.0 Å². The average molecular weight is 292 g/mol. The second kappa shape index (κ2) is 6.00. The third-order valence-corrected chi connectivity index (χ3v) is 3.44. The number of amides is 1. The maximum absolute atomic E-state index is 11.7. The number of rotatable bonds is 4. The van der Waals surface area contributed by atoms with Crippen molar-refractivity contribution in [2.24, 2.45) is 0 Å². The van der Waals surface area contributed by atoms with Crippen LogP contribution in [0.2, 0.25) is 0 Å². The number of esters is 1. The van der Waals surface area contributed by atoms with Gasteiger partial charge in [-0.15, -0.1) is 12.6 Å². The molecule has 0 unspecified atom stereocenters. The van der Waals surface area contributed by atoms with Gasteiger partial charge in [0.25, 0.3) is 0 Å². The summed E-state index contributed by atoms with van der Waals surface area (Å²) < 4.78 is 4.73. The predicted octanol–water partition coefficient (Wildman–Crippen LogP) is 1.68. The Morgan fingerprint density at radius 1 is 1.40 bits per heavy atom. The molecule has 0 spiro atoms. The molecule has 2 N–H and O–H groups in total. The highest BCUT2D eigenvalue weighted by atomic mass is 32.1. The summed E-state index contributed by atoms with van der Waals surface area (Å²) in [6.45, 7) is 1.37. The Balaban J connectivity index is 2.35. The van der Waals surface area contributed by atoms with Crippen LogP contribution >= 0.6 is 12.6 Å². The summed E-state index contributed by atoms with van der Waals surface area (Å²) in [5.74, 6) is -0.751. The van der Waals surface area contributed by atoms with Crippen LogP contribution < -0.4 is 5.32 Å². The molecule has 2 rings (SSSR count). The molecule has 0 saturated carbocycles. The zero-order chi connectivity index (χ0) is 14.7. The molecular formula is C14H16N2O3S. The minimum atomic E-state index is -0.720. The number of carbonyl (C=O) groups excluding carboxylic acids is 2. The summed E-state index contributed by atoms with van der Waals surface area (Å²) in [6, 6.07) is 7.00. The molecule has 2 aromatic rings. The van der Waals surface area contributed by atoms with Gasteiger partial charge in [-0.3, -0.25) is 4.79 Å². The van der Waals surface area contributed by atoms with Crippen LogP contribution in [0.3, 0.4) is 0 Å². The number of hydrogen-bond donors (Lipinski definition) is 3. The number of methoxy groups -OCH3 is 1. The van der Waals surface area contributed by atoms with Crippen molar-refractivity contribution >= 4 is 35.4 Å². The minimum absolute atomic E-state index is 0.277. The van der Waals surface area contributed by atoms with Crippen molar-refractivity contribution in [1.29, 1.82) is 0 Å². The van der Waals surface area contributed by atoms with Crippen molar-refractivity contribution in [3.63, 3.8) is 0 Å². The molecule has 1 atom stereocenters. The fourth-order valence-corrected chi connectivity index (χ4v) is 2.51. The van der Waals surface area contributed by atoms with Gasteiger partial charge in [-0.25, -0.2) is 4.79 Å². The van der Waals surface area contributed by atoms with E-state index in [1.807, 2.05) is 24.3 Å². The molecule has 106 valence electrons. The lowest BCUT2D eigenvalue weighted by molar-refractivity contribution is -0.144. The number of carbonyl (C=O) groups is 2. The van der Waals surface area contributed by atoms with E-state index in [1.54, 1.807) is 0 Å². The quantitative estimate of drug-likeness (QED) is 0.593. The summed E-state index contributed by atoms with van der Waals surface area (Å²) in [5, 5.41) is 4.27. The molecule has 5 nitrogen and oxygen atoms in total. The minimum Gasteiger partial charge on any atom is -0.467 e. The van der Waals surface area contributed by atoms with Gasteiger partial charge in [0.2, 0.25) is 5.91 Å². The lowest BCUT2D eigenvalue weighted by Crippen LogP contribution is -2.42. The maximum atomic E-state index is 11.7. The zero-order valence-corrected chi connectivity index (χ0v) is 12.2. The molecule has 0 aliphatic rings. The molecule has 1 aromatic carbocycles. The Morgan fingerprint density at radius 3 is 2.75 bits per heavy atom. The number of benzene rings is 1. The van der Waals surface area contributed by atoms with Crippen LogP contribution in [0.5, 0.6) is 0 Å². The fraction of sp³-hybridized carbons (Fsp3) is 0.286. The van der Waals surface area contributed by atoms with E-state index >= 15 is 0 Å². The SMILES string of the molecule is COC(=O)[C@H](Cc1c(S)[nH]c2ccccc12)NC(C)=O. The molecule has 0 fully saturated rings. The van der Waals surface area contributed by atoms with Crippen LogP contribution in [0.4, 0.5) is 0 Å². The topological polar surface area (TPSA) is 71.2 Å². The summed E-state index contributed by atoms with van der Waals surface area (Å²) in [6.07, 6.45) is 0.328. The van der Waals surface area contributed by atoms with E-state index in [4.69, 9.17) is 4.74 Å². The van der Waals surface area contributed by atoms with Gasteiger partial charge in [0.1, 0.15) is 6.04 Å². The van der Waals surface area contributed by atoms with Gasteiger partial charge >= 0.3 is 5.97 Å². The third-order valence-electron chi connectivity index (χ3n) is 3.06. The number of para-hydroxylation sites is 1. The van der Waals surface area contributed by atoms with Gasteiger partial charge in [-0.2, -0.15) is 0 Å². The Bertz CT molecular complexity index is 651. The summed E-state index contributed by atoms with van der Waals surface area (Å²) >= 11 is 4.40. The van der Waals surface area contributed by atoms with Crippen molar-refractivity contribution < 1.29 is 14.3 Å². The number of thiol groups is 1. The van der Waals surface area contributed by atoms with Crippen molar-refractivity contribution in [2.45, 2.75) is 24.4 Å². The number of H-pyrrole nitrogens is 1. The van der Waals surface area contributed by atoms with Gasteiger partial charge in [-0.1, -0.05) is 18.2 Å². The Labute approximate surface area is 122 Å². The highest BCUT2D eigenvalue weighted by Crippen LogP contribution is 2.26. The standard InChI is InChI=1S/C14H16N2O3S/c1-8(17)15-12(14(18)19-2)7-10-9-5-3-4-6-11(9)16-13(10)20/h3-6,12,16,20H,7H2,1-2H3,(H,15,17)/t12-/m0/s1. The van der Waals surface area contributed by atoms with Gasteiger partial charge in [0, 0.05) is 24.2 Å². The predicted molar refractivity (Wildman–Crippen MR) is 78.9 cm³/mol. The number of fused-ring (bicyclic) bond motifs is 1. The molecule has 0 aliphatic heterocycles. The first-order valence-electron chi connectivity index (χ1n) is 6.16. The van der Waals surface area contributed by atoms with Crippen molar-refractivity contribution in [3.8, 4) is 0 Å². The molecule has 0 radical (unpaired) electrons. The maximum Gasteiger partial charge on any atom is 0.328 e. The van der Waals surface area contributed by atoms with Crippen LogP contribution in [0.1, 0.15) is 12.5 Å². The summed E-state index contributed by atoms with van der Waals surface area (Å²) in [4.78, 5) is 26.1. The molecule has 0 aliphatic carbocycles. The molecule has 1 aromatic heterocycles. The largest absolute Gasteiger partial charge is 0.467 e. The van der Waals surface area contributed by atoms with Crippen LogP contribution in [0, 0.1) is 0 Å². The van der Waals surface area contributed by atoms with Crippen molar-refractivity contribution in [2.75, 3.05) is 7.11 Å². The van der Waals surface area contributed by atoms with Gasteiger partial charge < -0.3 is 15.0 Å². The van der Waals surface area contributed by atoms with E-state index in [9.17, 15) is 9.59 Å². The van der Waals surface area contributed by atoms with Gasteiger partial charge in [-0.05, 0) is 11.6 Å². The molecule has 1 heterocycles. The van der Waals surface area contributed by atoms with Crippen LogP contribution in [0.25, 0.3) is 10.9 Å². The van der Waals surface area contributed by atoms with E-state index in [0.717, 1.165) is 16.5 Å². The molecule has 20 heavy (non-hydrogen) atoms. The number of aromatic amines is 1. The van der Waals surface area contributed by atoms with E-state index in [0.29, 0.717) is 11.4 Å². The summed E-state index contributed by atoms with van der Waals surface area (Å²) in [5.41, 5.74) is 1.83. The number of ether oxygens (including phenoxy) is 1. The van der Waals surface area contributed by atoms with E-state index in [1.165, 1.54) is 14.0 Å². The average Bonchev–Trinajstić information content (AvgIpc) is 2.73. The normalized spacial score (nSPS) is 12.2. The first kappa shape index (κ1) is 14.5. The number of hydrogen-bond acceptors (Lipinski definition) is 4. The second-order valence-electron chi connectivity index (χ2n) is 4.48. The van der Waals surface area contributed by atoms with E-state index in [-0.39, 0.29) is 5.91 Å². The molecule has 1 amide bonds. The number of nitrogens with one attached hydrogen (secondary N) is 2. The zero-order valence-electron chi connectivity index (χ0n) is 11.3. The van der Waals surface area contributed by atoms with Crippen molar-refractivity contribution in [3.05, 3.63) is 29.8 Å². The van der Waals surface area contributed by atoms with Crippen LogP contribution in [0.15, 0.2) is 29.3 Å². The van der Waals surface area contributed by atoms with Crippen molar-refractivity contribution in [1.82, 2.24) is 10.3 Å². The fourth-order valence-electron chi connectivity index (χ4n) is 2.18. The lowest BCUT2D eigenvalue weighted by Gasteiger charge is -2.15. The van der Waals surface area contributed by atoms with E-state index in [2.05, 4.69) is 22.9 Å². The first-order chi connectivity index (χ1) is 9.52. The number of aromatic nitrogens is 1. The highest BCUT2D eigenvalue weighted by molar-refractivity contribution is 7.80. The Kier molecular flexibility index (Phi) is 4.34. The van der Waals surface area contributed by atoms with Gasteiger partial charge in [0.05, 0.1) is 12.1 Å². The van der Waals surface area contributed by atoms with Crippen LogP contribution in [-0.4, -0.2) is 30.0 Å². The first-order valence-corrected chi connectivity index (χ1v) is 6.61. The molecule has 0 bridgehead atoms. The monoisotopic (exact) mass is 292 g/mol. The Morgan fingerprint density at radius 2 is 2.10 bits per heavy atom.